The number of carbonyl (C=O) groups excluding carboxylic acids is 1. The number of aromatic amines is 1. The second-order valence-electron chi connectivity index (χ2n) is 6.28. The zero-order valence-electron chi connectivity index (χ0n) is 14.9. The van der Waals surface area contributed by atoms with Crippen molar-refractivity contribution in [3.8, 4) is 5.75 Å². The first-order valence-corrected chi connectivity index (χ1v) is 9.61. The molecule has 0 fully saturated rings. The van der Waals surface area contributed by atoms with Crippen molar-refractivity contribution >= 4 is 38.8 Å². The van der Waals surface area contributed by atoms with Gasteiger partial charge in [-0.25, -0.2) is 4.98 Å². The van der Waals surface area contributed by atoms with Crippen LogP contribution in [0.25, 0.3) is 17.1 Å². The molecule has 3 aromatic carbocycles. The number of carbonyl (C=O) groups is 1. The molecule has 0 spiro atoms. The number of nitrogens with one attached hydrogen (secondary N) is 1. The highest BCUT2D eigenvalue weighted by atomic mass is 79.9. The summed E-state index contributed by atoms with van der Waals surface area (Å²) in [6.45, 7) is 0.507. The van der Waals surface area contributed by atoms with Crippen LogP contribution in [-0.2, 0) is 6.61 Å². The summed E-state index contributed by atoms with van der Waals surface area (Å²) >= 11 is 3.42. The Hall–Kier alpha value is -3.18. The predicted octanol–water partition coefficient (Wildman–Crippen LogP) is 5.80. The Morgan fingerprint density at radius 2 is 1.75 bits per heavy atom. The number of allylic oxidation sites excluding steroid dienone is 1. The second kappa shape index (κ2) is 8.23. The SMILES string of the molecule is O=C(/C=C/c1ccc(OCc2ccc(Br)cc2)cc1)c1nc2ccccc2[nH]1. The van der Waals surface area contributed by atoms with E-state index in [0.29, 0.717) is 12.4 Å². The summed E-state index contributed by atoms with van der Waals surface area (Å²) in [7, 11) is 0. The molecule has 0 aliphatic heterocycles. The number of hydrogen-bond acceptors (Lipinski definition) is 3. The van der Waals surface area contributed by atoms with Gasteiger partial charge in [0.05, 0.1) is 11.0 Å². The smallest absolute Gasteiger partial charge is 0.221 e. The Bertz CT molecular complexity index is 1100. The van der Waals surface area contributed by atoms with Gasteiger partial charge in [0.1, 0.15) is 12.4 Å². The Morgan fingerprint density at radius 1 is 1.00 bits per heavy atom. The minimum Gasteiger partial charge on any atom is -0.489 e. The molecule has 0 saturated heterocycles. The zero-order valence-corrected chi connectivity index (χ0v) is 16.5. The minimum absolute atomic E-state index is 0.160. The van der Waals surface area contributed by atoms with Gasteiger partial charge in [-0.1, -0.05) is 58.4 Å². The van der Waals surface area contributed by atoms with Crippen LogP contribution in [0, 0.1) is 0 Å². The van der Waals surface area contributed by atoms with E-state index in [0.717, 1.165) is 32.4 Å². The summed E-state index contributed by atoms with van der Waals surface area (Å²) in [4.78, 5) is 19.7. The van der Waals surface area contributed by atoms with Gasteiger partial charge < -0.3 is 9.72 Å². The fraction of sp³-hybridized carbons (Fsp3) is 0.0435. The van der Waals surface area contributed by atoms with Crippen molar-refractivity contribution in [1.82, 2.24) is 9.97 Å². The highest BCUT2D eigenvalue weighted by Crippen LogP contribution is 2.17. The van der Waals surface area contributed by atoms with Crippen LogP contribution < -0.4 is 4.74 Å². The summed E-state index contributed by atoms with van der Waals surface area (Å²) in [5.41, 5.74) is 3.65. The molecule has 0 saturated carbocycles. The normalized spacial score (nSPS) is 11.2. The van der Waals surface area contributed by atoms with E-state index in [-0.39, 0.29) is 5.78 Å². The van der Waals surface area contributed by atoms with Crippen LogP contribution in [0.3, 0.4) is 0 Å². The molecule has 1 N–H and O–H groups in total. The maximum Gasteiger partial charge on any atom is 0.221 e. The Kier molecular flexibility index (Phi) is 5.35. The number of ether oxygens (including phenoxy) is 1. The molecule has 4 rings (SSSR count). The van der Waals surface area contributed by atoms with E-state index in [1.54, 1.807) is 6.08 Å². The standard InChI is InChI=1S/C23H17BrN2O2/c24-18-10-5-17(6-11-18)15-28-19-12-7-16(8-13-19)9-14-22(27)23-25-20-3-1-2-4-21(20)26-23/h1-14H,15H2,(H,25,26)/b14-9+. The fourth-order valence-electron chi connectivity index (χ4n) is 2.74. The van der Waals surface area contributed by atoms with Crippen LogP contribution in [0.15, 0.2) is 83.3 Å². The molecule has 1 aromatic heterocycles. The van der Waals surface area contributed by atoms with Gasteiger partial charge in [-0.2, -0.15) is 0 Å². The number of para-hydroxylation sites is 2. The topological polar surface area (TPSA) is 55.0 Å². The molecule has 0 unspecified atom stereocenters. The van der Waals surface area contributed by atoms with Crippen LogP contribution in [0.1, 0.15) is 21.7 Å². The van der Waals surface area contributed by atoms with Gasteiger partial charge in [0, 0.05) is 4.47 Å². The van der Waals surface area contributed by atoms with Crippen LogP contribution in [-0.4, -0.2) is 15.8 Å². The average molecular weight is 433 g/mol. The Morgan fingerprint density at radius 3 is 2.50 bits per heavy atom. The molecular formula is C23H17BrN2O2. The number of fused-ring (bicyclic) bond motifs is 1. The molecule has 0 bridgehead atoms. The van der Waals surface area contributed by atoms with Gasteiger partial charge in [0.2, 0.25) is 5.78 Å². The van der Waals surface area contributed by atoms with Gasteiger partial charge >= 0.3 is 0 Å². The van der Waals surface area contributed by atoms with Gasteiger partial charge in [0.25, 0.3) is 0 Å². The number of imidazole rings is 1. The second-order valence-corrected chi connectivity index (χ2v) is 7.20. The van der Waals surface area contributed by atoms with Crippen molar-refractivity contribution in [2.24, 2.45) is 0 Å². The third-order valence-corrected chi connectivity index (χ3v) is 4.78. The van der Waals surface area contributed by atoms with E-state index in [1.165, 1.54) is 6.08 Å². The number of H-pyrrole nitrogens is 1. The third-order valence-electron chi connectivity index (χ3n) is 4.25. The van der Waals surface area contributed by atoms with E-state index in [9.17, 15) is 4.79 Å². The summed E-state index contributed by atoms with van der Waals surface area (Å²) in [5, 5.41) is 0. The molecule has 138 valence electrons. The highest BCUT2D eigenvalue weighted by Gasteiger charge is 2.07. The maximum atomic E-state index is 12.3. The lowest BCUT2D eigenvalue weighted by Crippen LogP contribution is -1.96. The lowest BCUT2D eigenvalue weighted by atomic mass is 10.2. The lowest BCUT2D eigenvalue weighted by Gasteiger charge is -2.06. The number of ketones is 1. The van der Waals surface area contributed by atoms with Crippen LogP contribution in [0.2, 0.25) is 0 Å². The van der Waals surface area contributed by atoms with E-state index in [2.05, 4.69) is 25.9 Å². The monoisotopic (exact) mass is 432 g/mol. The number of rotatable bonds is 6. The molecule has 0 aliphatic rings. The van der Waals surface area contributed by atoms with Crippen molar-refractivity contribution in [1.29, 1.82) is 0 Å². The van der Waals surface area contributed by atoms with Crippen LogP contribution in [0.5, 0.6) is 5.75 Å². The number of halogens is 1. The summed E-state index contributed by atoms with van der Waals surface area (Å²) < 4.78 is 6.84. The Balaban J connectivity index is 1.38. The van der Waals surface area contributed by atoms with Crippen molar-refractivity contribution in [2.45, 2.75) is 6.61 Å². The van der Waals surface area contributed by atoms with Crippen molar-refractivity contribution < 1.29 is 9.53 Å². The molecular weight excluding hydrogens is 416 g/mol. The molecule has 1 heterocycles. The molecule has 0 amide bonds. The average Bonchev–Trinajstić information content (AvgIpc) is 3.17. The molecule has 4 nitrogen and oxygen atoms in total. The molecule has 5 heteroatoms. The first-order valence-electron chi connectivity index (χ1n) is 8.82. The first kappa shape index (κ1) is 18.2. The summed E-state index contributed by atoms with van der Waals surface area (Å²) in [6.07, 6.45) is 3.30. The van der Waals surface area contributed by atoms with Crippen molar-refractivity contribution in [3.05, 3.63) is 100 Å². The van der Waals surface area contributed by atoms with E-state index in [4.69, 9.17) is 4.74 Å². The van der Waals surface area contributed by atoms with Gasteiger partial charge in [-0.3, -0.25) is 4.79 Å². The van der Waals surface area contributed by atoms with Crippen LogP contribution >= 0.6 is 15.9 Å². The highest BCUT2D eigenvalue weighted by molar-refractivity contribution is 9.10. The number of nitrogens with zero attached hydrogens (tertiary/aromatic N) is 1. The number of benzene rings is 3. The van der Waals surface area contributed by atoms with Crippen molar-refractivity contribution in [3.63, 3.8) is 0 Å². The maximum absolute atomic E-state index is 12.3. The van der Waals surface area contributed by atoms with Gasteiger partial charge in [-0.15, -0.1) is 0 Å². The number of aromatic nitrogens is 2. The fourth-order valence-corrected chi connectivity index (χ4v) is 3.01. The molecule has 0 atom stereocenters. The van der Waals surface area contributed by atoms with Crippen LogP contribution in [0.4, 0.5) is 0 Å². The van der Waals surface area contributed by atoms with Gasteiger partial charge in [-0.05, 0) is 53.6 Å². The summed E-state index contributed by atoms with van der Waals surface area (Å²) in [5.74, 6) is 0.961. The third kappa shape index (κ3) is 4.38. The van der Waals surface area contributed by atoms with E-state index >= 15 is 0 Å². The van der Waals surface area contributed by atoms with Gasteiger partial charge in [0.15, 0.2) is 5.82 Å². The molecule has 4 aromatic rings. The zero-order chi connectivity index (χ0) is 19.3. The first-order chi connectivity index (χ1) is 13.7. The van der Waals surface area contributed by atoms with Crippen molar-refractivity contribution in [2.75, 3.05) is 0 Å². The summed E-state index contributed by atoms with van der Waals surface area (Å²) in [6, 6.07) is 23.2. The lowest BCUT2D eigenvalue weighted by molar-refractivity contribution is 0.103. The Labute approximate surface area is 171 Å². The largest absolute Gasteiger partial charge is 0.489 e. The quantitative estimate of drug-likeness (QED) is 0.309. The van der Waals surface area contributed by atoms with E-state index < -0.39 is 0 Å². The van der Waals surface area contributed by atoms with E-state index in [1.807, 2.05) is 72.8 Å². The number of hydrogen-bond donors (Lipinski definition) is 1. The molecule has 0 aliphatic carbocycles. The molecule has 28 heavy (non-hydrogen) atoms. The molecule has 0 radical (unpaired) electrons. The minimum atomic E-state index is -0.160. The predicted molar refractivity (Wildman–Crippen MR) is 114 cm³/mol.